The van der Waals surface area contributed by atoms with Crippen LogP contribution in [0.3, 0.4) is 0 Å². The Morgan fingerprint density at radius 1 is 1.67 bits per heavy atom. The Labute approximate surface area is 81.2 Å². The van der Waals surface area contributed by atoms with Crippen LogP contribution in [0.25, 0.3) is 0 Å². The fourth-order valence-electron chi connectivity index (χ4n) is 0.712. The summed E-state index contributed by atoms with van der Waals surface area (Å²) >= 11 is 5.45. The van der Waals surface area contributed by atoms with E-state index in [-0.39, 0.29) is 5.75 Å². The van der Waals surface area contributed by atoms with E-state index in [1.54, 1.807) is 6.20 Å². The van der Waals surface area contributed by atoms with E-state index >= 15 is 0 Å². The van der Waals surface area contributed by atoms with Crippen LogP contribution in [0, 0.1) is 0 Å². The molecule has 0 aromatic carbocycles. The molecule has 1 heterocycles. The van der Waals surface area contributed by atoms with Gasteiger partial charge in [0.05, 0.1) is 0 Å². The molecule has 6 heteroatoms. The van der Waals surface area contributed by atoms with Gasteiger partial charge in [-0.15, -0.1) is 11.3 Å². The van der Waals surface area contributed by atoms with Gasteiger partial charge in [0.15, 0.2) is 9.84 Å². The molecule has 0 spiro atoms. The molecule has 0 saturated carbocycles. The number of hydrogen-bond acceptors (Lipinski definition) is 5. The highest BCUT2D eigenvalue weighted by Crippen LogP contribution is 2.16. The van der Waals surface area contributed by atoms with E-state index in [0.29, 0.717) is 10.8 Å². The molecule has 0 unspecified atom stereocenters. The van der Waals surface area contributed by atoms with Crippen LogP contribution in [-0.4, -0.2) is 19.7 Å². The minimum absolute atomic E-state index is 0.0332. The molecule has 3 nitrogen and oxygen atoms in total. The number of hydrogen-bond donors (Lipinski definition) is 1. The Morgan fingerprint density at radius 2 is 2.33 bits per heavy atom. The zero-order valence-corrected chi connectivity index (χ0v) is 9.05. The zero-order valence-electron chi connectivity index (χ0n) is 6.52. The van der Waals surface area contributed by atoms with Crippen molar-refractivity contribution in [3.63, 3.8) is 0 Å². The Morgan fingerprint density at radius 3 is 2.75 bits per heavy atom. The third-order valence-corrected chi connectivity index (χ3v) is 3.68. The normalized spacial score (nSPS) is 11.8. The number of thiol groups is 1. The van der Waals surface area contributed by atoms with Crippen LogP contribution in [0.15, 0.2) is 6.20 Å². The predicted molar refractivity (Wildman–Crippen MR) is 53.4 cm³/mol. The van der Waals surface area contributed by atoms with Crippen molar-refractivity contribution in [2.75, 3.05) is 6.26 Å². The first-order valence-electron chi connectivity index (χ1n) is 3.23. The number of thiazole rings is 1. The number of aromatic nitrogens is 1. The third kappa shape index (κ3) is 3.12. The van der Waals surface area contributed by atoms with Gasteiger partial charge in [-0.05, 0) is 0 Å². The molecule has 68 valence electrons. The summed E-state index contributed by atoms with van der Waals surface area (Å²) in [5.74, 6) is 0.646. The lowest BCUT2D eigenvalue weighted by molar-refractivity contribution is 0.601. The predicted octanol–water partition coefficient (Wildman–Crippen LogP) is 1.12. The maximum absolute atomic E-state index is 10.8. The van der Waals surface area contributed by atoms with Crippen molar-refractivity contribution in [3.8, 4) is 0 Å². The van der Waals surface area contributed by atoms with Gasteiger partial charge in [-0.2, -0.15) is 12.6 Å². The molecular formula is C6H9NO2S3. The smallest absolute Gasteiger partial charge is 0.153 e. The summed E-state index contributed by atoms with van der Waals surface area (Å²) in [6, 6.07) is 0. The van der Waals surface area contributed by atoms with E-state index in [1.807, 2.05) is 0 Å². The molecule has 1 aromatic heterocycles. The van der Waals surface area contributed by atoms with Gasteiger partial charge in [-0.1, -0.05) is 0 Å². The molecule has 0 fully saturated rings. The van der Waals surface area contributed by atoms with Gasteiger partial charge in [0, 0.05) is 23.1 Å². The molecule has 0 aliphatic heterocycles. The van der Waals surface area contributed by atoms with E-state index in [9.17, 15) is 8.42 Å². The van der Waals surface area contributed by atoms with E-state index in [1.165, 1.54) is 17.6 Å². The molecule has 12 heavy (non-hydrogen) atoms. The highest BCUT2D eigenvalue weighted by molar-refractivity contribution is 7.90. The van der Waals surface area contributed by atoms with Crippen molar-refractivity contribution in [2.45, 2.75) is 11.5 Å². The van der Waals surface area contributed by atoms with Crippen LogP contribution < -0.4 is 0 Å². The summed E-state index contributed by atoms with van der Waals surface area (Å²) in [6.07, 6.45) is 2.87. The molecule has 0 amide bonds. The summed E-state index contributed by atoms with van der Waals surface area (Å²) < 4.78 is 21.7. The van der Waals surface area contributed by atoms with Gasteiger partial charge in [0.2, 0.25) is 0 Å². The summed E-state index contributed by atoms with van der Waals surface area (Å²) in [6.45, 7) is 0. The Bertz CT molecular complexity index is 355. The standard InChI is InChI=1S/C6H9NO2S3/c1-12(8,9)4-6-7-2-5(3-10)11-6/h2,10H,3-4H2,1H3. The van der Waals surface area contributed by atoms with E-state index in [2.05, 4.69) is 17.6 Å². The molecule has 0 bridgehead atoms. The van der Waals surface area contributed by atoms with E-state index in [4.69, 9.17) is 0 Å². The van der Waals surface area contributed by atoms with Gasteiger partial charge in [-0.3, -0.25) is 0 Å². The van der Waals surface area contributed by atoms with Crippen molar-refractivity contribution in [2.24, 2.45) is 0 Å². The largest absolute Gasteiger partial charge is 0.248 e. The first kappa shape index (κ1) is 10.0. The summed E-state index contributed by atoms with van der Waals surface area (Å²) in [4.78, 5) is 4.96. The molecule has 0 saturated heterocycles. The molecule has 1 aromatic rings. The maximum Gasteiger partial charge on any atom is 0.153 e. The van der Waals surface area contributed by atoms with Crippen LogP contribution in [0.5, 0.6) is 0 Å². The quantitative estimate of drug-likeness (QED) is 0.781. The average molecular weight is 223 g/mol. The Kier molecular flexibility index (Phi) is 3.14. The van der Waals surface area contributed by atoms with Gasteiger partial charge in [-0.25, -0.2) is 13.4 Å². The SMILES string of the molecule is CS(=O)(=O)Cc1ncc(CS)s1. The average Bonchev–Trinajstić information content (AvgIpc) is 2.32. The van der Waals surface area contributed by atoms with Gasteiger partial charge in [0.25, 0.3) is 0 Å². The summed E-state index contributed by atoms with van der Waals surface area (Å²) in [7, 11) is -2.95. The zero-order chi connectivity index (χ0) is 9.19. The second kappa shape index (κ2) is 3.76. The first-order chi connectivity index (χ1) is 5.51. The van der Waals surface area contributed by atoms with Crippen LogP contribution in [0.1, 0.15) is 9.88 Å². The molecule has 0 radical (unpaired) electrons. The minimum Gasteiger partial charge on any atom is -0.248 e. The van der Waals surface area contributed by atoms with Gasteiger partial charge >= 0.3 is 0 Å². The third-order valence-electron chi connectivity index (χ3n) is 1.14. The molecule has 0 aliphatic carbocycles. The second-order valence-electron chi connectivity index (χ2n) is 2.45. The fraction of sp³-hybridized carbons (Fsp3) is 0.500. The summed E-state index contributed by atoms with van der Waals surface area (Å²) in [5.41, 5.74) is 0. The van der Waals surface area contributed by atoms with Crippen molar-refractivity contribution >= 4 is 33.8 Å². The molecule has 0 atom stereocenters. The number of sulfone groups is 1. The van der Waals surface area contributed by atoms with Crippen molar-refractivity contribution in [1.29, 1.82) is 0 Å². The second-order valence-corrected chi connectivity index (χ2v) is 6.10. The lowest BCUT2D eigenvalue weighted by Gasteiger charge is -1.90. The monoisotopic (exact) mass is 223 g/mol. The van der Waals surface area contributed by atoms with Crippen molar-refractivity contribution in [1.82, 2.24) is 4.98 Å². The van der Waals surface area contributed by atoms with Crippen LogP contribution in [0.2, 0.25) is 0 Å². The van der Waals surface area contributed by atoms with Crippen LogP contribution in [-0.2, 0) is 21.3 Å². The highest BCUT2D eigenvalue weighted by atomic mass is 32.2. The van der Waals surface area contributed by atoms with Crippen LogP contribution in [0.4, 0.5) is 0 Å². The van der Waals surface area contributed by atoms with E-state index < -0.39 is 9.84 Å². The van der Waals surface area contributed by atoms with Gasteiger partial charge < -0.3 is 0 Å². The van der Waals surface area contributed by atoms with Crippen LogP contribution >= 0.6 is 24.0 Å². The number of rotatable bonds is 3. The van der Waals surface area contributed by atoms with Crippen molar-refractivity contribution < 1.29 is 8.42 Å². The molecule has 1 rings (SSSR count). The van der Waals surface area contributed by atoms with Crippen molar-refractivity contribution in [3.05, 3.63) is 16.1 Å². The van der Waals surface area contributed by atoms with E-state index in [0.717, 1.165) is 4.88 Å². The topological polar surface area (TPSA) is 47.0 Å². The summed E-state index contributed by atoms with van der Waals surface area (Å²) in [5, 5.41) is 0.640. The maximum atomic E-state index is 10.8. The fourth-order valence-corrected chi connectivity index (χ4v) is 2.97. The number of nitrogens with zero attached hydrogens (tertiary/aromatic N) is 1. The van der Waals surface area contributed by atoms with Gasteiger partial charge in [0.1, 0.15) is 10.8 Å². The highest BCUT2D eigenvalue weighted by Gasteiger charge is 2.07. The lowest BCUT2D eigenvalue weighted by atomic mass is 10.6. The Hall–Kier alpha value is -0.0700. The molecular weight excluding hydrogens is 214 g/mol. The minimum atomic E-state index is -2.95. The molecule has 0 aliphatic rings. The lowest BCUT2D eigenvalue weighted by Crippen LogP contribution is -1.99. The Balaban J connectivity index is 2.78. The first-order valence-corrected chi connectivity index (χ1v) is 6.74. The molecule has 0 N–H and O–H groups in total.